The van der Waals surface area contributed by atoms with E-state index in [2.05, 4.69) is 5.32 Å². The molecule has 0 atom stereocenters. The number of benzene rings is 1. The highest BCUT2D eigenvalue weighted by Crippen LogP contribution is 2.21. The molecule has 0 aliphatic rings. The maximum Gasteiger partial charge on any atom is 0.252 e. The van der Waals surface area contributed by atoms with Crippen LogP contribution in [0.1, 0.15) is 28.4 Å². The van der Waals surface area contributed by atoms with E-state index in [1.54, 1.807) is 26.0 Å². The molecule has 15 heavy (non-hydrogen) atoms. The van der Waals surface area contributed by atoms with Crippen LogP contribution in [0.3, 0.4) is 0 Å². The molecule has 3 nitrogen and oxygen atoms in total. The molecule has 0 aliphatic carbocycles. The molecule has 0 spiro atoms. The van der Waals surface area contributed by atoms with Gasteiger partial charge in [-0.25, -0.2) is 0 Å². The quantitative estimate of drug-likeness (QED) is 0.787. The standard InChI is InChI=1S/C11H12ClNO2/c1-6-4-9(13-8(3)14)5-7(2)10(6)11(12)15/h4-5H,1-3H3,(H,13,14). The van der Waals surface area contributed by atoms with Gasteiger partial charge in [0.1, 0.15) is 0 Å². The zero-order valence-electron chi connectivity index (χ0n) is 8.85. The molecule has 1 amide bonds. The summed E-state index contributed by atoms with van der Waals surface area (Å²) < 4.78 is 0. The molecule has 0 unspecified atom stereocenters. The fourth-order valence-electron chi connectivity index (χ4n) is 1.55. The Morgan fingerprint density at radius 2 is 1.67 bits per heavy atom. The van der Waals surface area contributed by atoms with E-state index in [1.807, 2.05) is 0 Å². The summed E-state index contributed by atoms with van der Waals surface area (Å²) in [5.74, 6) is -0.140. The van der Waals surface area contributed by atoms with Crippen molar-refractivity contribution in [2.24, 2.45) is 0 Å². The smallest absolute Gasteiger partial charge is 0.252 e. The van der Waals surface area contributed by atoms with Gasteiger partial charge in [0.25, 0.3) is 5.24 Å². The third-order valence-corrected chi connectivity index (χ3v) is 2.24. The zero-order valence-corrected chi connectivity index (χ0v) is 9.61. The Kier molecular flexibility index (Phi) is 3.48. The van der Waals surface area contributed by atoms with E-state index >= 15 is 0 Å². The van der Waals surface area contributed by atoms with Crippen molar-refractivity contribution < 1.29 is 9.59 Å². The van der Waals surface area contributed by atoms with Gasteiger partial charge in [-0.3, -0.25) is 9.59 Å². The number of hydrogen-bond donors (Lipinski definition) is 1. The van der Waals surface area contributed by atoms with E-state index in [-0.39, 0.29) is 5.91 Å². The Balaban J connectivity index is 3.19. The third-order valence-electron chi connectivity index (χ3n) is 2.05. The van der Waals surface area contributed by atoms with Gasteiger partial charge >= 0.3 is 0 Å². The highest BCUT2D eigenvalue weighted by molar-refractivity contribution is 6.68. The van der Waals surface area contributed by atoms with E-state index in [0.29, 0.717) is 11.3 Å². The SMILES string of the molecule is CC(=O)Nc1cc(C)c(C(=O)Cl)c(C)c1. The van der Waals surface area contributed by atoms with Crippen LogP contribution >= 0.6 is 11.6 Å². The summed E-state index contributed by atoms with van der Waals surface area (Å²) in [6.45, 7) is 5.01. The molecule has 0 bridgehead atoms. The molecular formula is C11H12ClNO2. The Bertz CT molecular complexity index is 404. The van der Waals surface area contributed by atoms with E-state index < -0.39 is 5.24 Å². The summed E-state index contributed by atoms with van der Waals surface area (Å²) >= 11 is 5.45. The Hall–Kier alpha value is -1.35. The van der Waals surface area contributed by atoms with Gasteiger partial charge in [0.2, 0.25) is 5.91 Å². The average Bonchev–Trinajstić information content (AvgIpc) is 1.99. The van der Waals surface area contributed by atoms with Crippen LogP contribution in [-0.2, 0) is 4.79 Å². The summed E-state index contributed by atoms with van der Waals surface area (Å²) in [5, 5.41) is 2.19. The predicted molar refractivity (Wildman–Crippen MR) is 60.4 cm³/mol. The van der Waals surface area contributed by atoms with Gasteiger partial charge in [-0.1, -0.05) is 0 Å². The largest absolute Gasteiger partial charge is 0.326 e. The fraction of sp³-hybridized carbons (Fsp3) is 0.273. The van der Waals surface area contributed by atoms with E-state index in [4.69, 9.17) is 11.6 Å². The summed E-state index contributed by atoms with van der Waals surface area (Å²) in [5.41, 5.74) is 2.71. The molecule has 80 valence electrons. The molecule has 4 heteroatoms. The molecule has 1 aromatic rings. The summed E-state index contributed by atoms with van der Waals surface area (Å²) in [6, 6.07) is 3.45. The first-order valence-corrected chi connectivity index (χ1v) is 4.88. The number of aryl methyl sites for hydroxylation is 2. The van der Waals surface area contributed by atoms with Gasteiger partial charge in [0, 0.05) is 18.2 Å². The van der Waals surface area contributed by atoms with Gasteiger partial charge < -0.3 is 5.32 Å². The van der Waals surface area contributed by atoms with Crippen LogP contribution in [0.15, 0.2) is 12.1 Å². The number of anilines is 1. The van der Waals surface area contributed by atoms with Crippen molar-refractivity contribution in [3.63, 3.8) is 0 Å². The minimum Gasteiger partial charge on any atom is -0.326 e. The molecule has 0 heterocycles. The van der Waals surface area contributed by atoms with Crippen molar-refractivity contribution in [1.29, 1.82) is 0 Å². The second-order valence-electron chi connectivity index (χ2n) is 3.44. The first-order chi connectivity index (χ1) is 6.91. The second kappa shape index (κ2) is 4.45. The number of amides is 1. The molecule has 1 aromatic carbocycles. The Labute approximate surface area is 93.4 Å². The lowest BCUT2D eigenvalue weighted by Crippen LogP contribution is -2.07. The van der Waals surface area contributed by atoms with Crippen LogP contribution in [0.2, 0.25) is 0 Å². The Morgan fingerprint density at radius 3 is 2.00 bits per heavy atom. The Morgan fingerprint density at radius 1 is 1.20 bits per heavy atom. The average molecular weight is 226 g/mol. The number of rotatable bonds is 2. The number of hydrogen-bond acceptors (Lipinski definition) is 2. The van der Waals surface area contributed by atoms with Crippen LogP contribution in [0.4, 0.5) is 5.69 Å². The second-order valence-corrected chi connectivity index (χ2v) is 3.78. The molecular weight excluding hydrogens is 214 g/mol. The zero-order chi connectivity index (χ0) is 11.6. The maximum absolute atomic E-state index is 11.1. The minimum atomic E-state index is -0.473. The van der Waals surface area contributed by atoms with E-state index in [9.17, 15) is 9.59 Å². The monoisotopic (exact) mass is 225 g/mol. The van der Waals surface area contributed by atoms with Gasteiger partial charge in [-0.2, -0.15) is 0 Å². The molecule has 0 saturated carbocycles. The fourth-order valence-corrected chi connectivity index (χ4v) is 1.85. The number of nitrogens with one attached hydrogen (secondary N) is 1. The topological polar surface area (TPSA) is 46.2 Å². The van der Waals surface area contributed by atoms with Crippen LogP contribution in [0, 0.1) is 13.8 Å². The first-order valence-electron chi connectivity index (χ1n) is 4.50. The summed E-state index contributed by atoms with van der Waals surface area (Å²) in [6.07, 6.45) is 0. The normalized spacial score (nSPS) is 9.87. The lowest BCUT2D eigenvalue weighted by Gasteiger charge is -2.09. The maximum atomic E-state index is 11.1. The number of carbonyl (C=O) groups is 2. The molecule has 0 aromatic heterocycles. The highest BCUT2D eigenvalue weighted by atomic mass is 35.5. The predicted octanol–water partition coefficient (Wildman–Crippen LogP) is 2.64. The third kappa shape index (κ3) is 2.80. The molecule has 1 N–H and O–H groups in total. The van der Waals surface area contributed by atoms with Gasteiger partial charge in [-0.15, -0.1) is 0 Å². The number of halogens is 1. The van der Waals surface area contributed by atoms with E-state index in [1.165, 1.54) is 6.92 Å². The summed E-state index contributed by atoms with van der Waals surface area (Å²) in [4.78, 5) is 21.9. The van der Waals surface area contributed by atoms with Gasteiger partial charge in [-0.05, 0) is 48.7 Å². The van der Waals surface area contributed by atoms with E-state index in [0.717, 1.165) is 11.1 Å². The van der Waals surface area contributed by atoms with Crippen LogP contribution in [0.25, 0.3) is 0 Å². The van der Waals surface area contributed by atoms with Crippen LogP contribution in [-0.4, -0.2) is 11.1 Å². The summed E-state index contributed by atoms with van der Waals surface area (Å²) in [7, 11) is 0. The van der Waals surface area contributed by atoms with Crippen molar-refractivity contribution in [1.82, 2.24) is 0 Å². The lowest BCUT2D eigenvalue weighted by molar-refractivity contribution is -0.114. The number of carbonyl (C=O) groups excluding carboxylic acids is 2. The van der Waals surface area contributed by atoms with Gasteiger partial charge in [0.15, 0.2) is 0 Å². The molecule has 0 fully saturated rings. The van der Waals surface area contributed by atoms with Crippen molar-refractivity contribution >= 4 is 28.4 Å². The van der Waals surface area contributed by atoms with Crippen LogP contribution in [0.5, 0.6) is 0 Å². The van der Waals surface area contributed by atoms with Crippen LogP contribution < -0.4 is 5.32 Å². The van der Waals surface area contributed by atoms with Crippen molar-refractivity contribution in [3.05, 3.63) is 28.8 Å². The van der Waals surface area contributed by atoms with Crippen molar-refractivity contribution in [2.75, 3.05) is 5.32 Å². The lowest BCUT2D eigenvalue weighted by atomic mass is 10.0. The van der Waals surface area contributed by atoms with Crippen molar-refractivity contribution in [3.8, 4) is 0 Å². The molecule has 0 aliphatic heterocycles. The minimum absolute atomic E-state index is 0.140. The molecule has 0 radical (unpaired) electrons. The molecule has 1 rings (SSSR count). The molecule has 0 saturated heterocycles. The van der Waals surface area contributed by atoms with Gasteiger partial charge in [0.05, 0.1) is 0 Å². The highest BCUT2D eigenvalue weighted by Gasteiger charge is 2.11. The van der Waals surface area contributed by atoms with Crippen molar-refractivity contribution in [2.45, 2.75) is 20.8 Å². The first kappa shape index (κ1) is 11.7.